The van der Waals surface area contributed by atoms with Crippen molar-refractivity contribution in [2.75, 3.05) is 7.11 Å². The summed E-state index contributed by atoms with van der Waals surface area (Å²) in [5.41, 5.74) is 1.88. The van der Waals surface area contributed by atoms with Crippen LogP contribution >= 0.6 is 0 Å². The van der Waals surface area contributed by atoms with Crippen LogP contribution in [-0.2, 0) is 9.53 Å². The van der Waals surface area contributed by atoms with Crippen LogP contribution in [0.1, 0.15) is 5.56 Å². The fourth-order valence-corrected chi connectivity index (χ4v) is 1.36. The summed E-state index contributed by atoms with van der Waals surface area (Å²) in [7, 11) is 1.35. The van der Waals surface area contributed by atoms with Gasteiger partial charge in [0, 0.05) is 11.5 Å². The van der Waals surface area contributed by atoms with Crippen LogP contribution in [0.5, 0.6) is 0 Å². The molecule has 0 spiro atoms. The van der Waals surface area contributed by atoms with E-state index in [2.05, 4.69) is 14.9 Å². The number of nitrogens with zero attached hydrogens (tertiary/aromatic N) is 1. The van der Waals surface area contributed by atoms with Crippen molar-refractivity contribution in [3.8, 4) is 0 Å². The lowest BCUT2D eigenvalue weighted by Crippen LogP contribution is -1.93. The second-order valence-electron chi connectivity index (χ2n) is 3.03. The Kier molecular flexibility index (Phi) is 2.49. The largest absolute Gasteiger partial charge is 0.466 e. The normalized spacial score (nSPS) is 11.0. The number of carbonyl (C=O) groups is 1. The van der Waals surface area contributed by atoms with E-state index >= 15 is 0 Å². The first-order valence-electron chi connectivity index (χ1n) is 4.49. The number of methoxy groups -OCH3 is 1. The molecule has 1 N–H and O–H groups in total. The first-order valence-corrected chi connectivity index (χ1v) is 4.49. The van der Waals surface area contributed by atoms with E-state index < -0.39 is 0 Å². The van der Waals surface area contributed by atoms with Gasteiger partial charge in [0.1, 0.15) is 0 Å². The summed E-state index contributed by atoms with van der Waals surface area (Å²) < 4.78 is 4.52. The highest BCUT2D eigenvalue weighted by Crippen LogP contribution is 2.17. The van der Waals surface area contributed by atoms with Gasteiger partial charge in [-0.05, 0) is 17.7 Å². The monoisotopic (exact) mass is 202 g/mol. The van der Waals surface area contributed by atoms with E-state index in [0.29, 0.717) is 0 Å². The van der Waals surface area contributed by atoms with E-state index in [-0.39, 0.29) is 5.97 Å². The molecule has 15 heavy (non-hydrogen) atoms. The molecule has 0 atom stereocenters. The number of hydrogen-bond donors (Lipinski definition) is 1. The van der Waals surface area contributed by atoms with Gasteiger partial charge in [0.2, 0.25) is 0 Å². The Morgan fingerprint density at radius 1 is 1.53 bits per heavy atom. The lowest BCUT2D eigenvalue weighted by Gasteiger charge is -1.95. The molecule has 76 valence electrons. The van der Waals surface area contributed by atoms with Crippen LogP contribution < -0.4 is 0 Å². The lowest BCUT2D eigenvalue weighted by molar-refractivity contribution is -0.134. The van der Waals surface area contributed by atoms with Gasteiger partial charge in [-0.2, -0.15) is 5.10 Å². The molecule has 0 saturated carbocycles. The van der Waals surface area contributed by atoms with Gasteiger partial charge < -0.3 is 4.74 Å². The summed E-state index contributed by atoms with van der Waals surface area (Å²) in [6, 6.07) is 5.74. The standard InChI is InChI=1S/C11H10N2O2/c1-15-11(14)6-5-8-3-2-4-10-9(8)7-12-13-10/h2-7H,1H3,(H,12,13). The van der Waals surface area contributed by atoms with Crippen LogP contribution in [0.3, 0.4) is 0 Å². The summed E-state index contributed by atoms with van der Waals surface area (Å²) in [6.45, 7) is 0. The number of esters is 1. The second-order valence-corrected chi connectivity index (χ2v) is 3.03. The number of ether oxygens (including phenoxy) is 1. The Bertz CT molecular complexity index is 514. The third kappa shape index (κ3) is 1.88. The molecule has 0 unspecified atom stereocenters. The van der Waals surface area contributed by atoms with E-state index in [1.807, 2.05) is 18.2 Å². The second kappa shape index (κ2) is 3.96. The van der Waals surface area contributed by atoms with Gasteiger partial charge >= 0.3 is 5.97 Å². The third-order valence-electron chi connectivity index (χ3n) is 2.12. The number of H-pyrrole nitrogens is 1. The van der Waals surface area contributed by atoms with Gasteiger partial charge in [-0.3, -0.25) is 5.10 Å². The Balaban J connectivity index is 2.39. The lowest BCUT2D eigenvalue weighted by atomic mass is 10.1. The van der Waals surface area contributed by atoms with Crippen molar-refractivity contribution in [1.29, 1.82) is 0 Å². The number of rotatable bonds is 2. The van der Waals surface area contributed by atoms with Crippen molar-refractivity contribution >= 4 is 22.9 Å². The maximum atomic E-state index is 10.9. The fraction of sp³-hybridized carbons (Fsp3) is 0.0909. The topological polar surface area (TPSA) is 55.0 Å². The first kappa shape index (κ1) is 9.45. The Hall–Kier alpha value is -2.10. The van der Waals surface area contributed by atoms with Crippen LogP contribution in [0.2, 0.25) is 0 Å². The zero-order valence-corrected chi connectivity index (χ0v) is 8.23. The highest BCUT2D eigenvalue weighted by atomic mass is 16.5. The third-order valence-corrected chi connectivity index (χ3v) is 2.12. The van der Waals surface area contributed by atoms with Gasteiger partial charge in [0.25, 0.3) is 0 Å². The average molecular weight is 202 g/mol. The Morgan fingerprint density at radius 2 is 2.40 bits per heavy atom. The van der Waals surface area contributed by atoms with Gasteiger partial charge in [0.15, 0.2) is 0 Å². The molecular formula is C11H10N2O2. The molecule has 1 heterocycles. The minimum absolute atomic E-state index is 0.365. The molecule has 1 aromatic heterocycles. The molecular weight excluding hydrogens is 192 g/mol. The highest BCUT2D eigenvalue weighted by Gasteiger charge is 1.99. The van der Waals surface area contributed by atoms with Crippen LogP contribution in [0.15, 0.2) is 30.5 Å². The number of benzene rings is 1. The molecule has 2 aromatic rings. The average Bonchev–Trinajstić information content (AvgIpc) is 2.74. The van der Waals surface area contributed by atoms with E-state index in [9.17, 15) is 4.79 Å². The molecule has 0 radical (unpaired) electrons. The van der Waals surface area contributed by atoms with Gasteiger partial charge in [-0.1, -0.05) is 12.1 Å². The number of nitrogens with one attached hydrogen (secondary N) is 1. The summed E-state index contributed by atoms with van der Waals surface area (Å²) in [5, 5.41) is 7.78. The number of aromatic amines is 1. The first-order chi connectivity index (χ1) is 7.31. The number of fused-ring (bicyclic) bond motifs is 1. The minimum Gasteiger partial charge on any atom is -0.466 e. The molecule has 0 aliphatic rings. The molecule has 1 aromatic carbocycles. The van der Waals surface area contributed by atoms with Crippen molar-refractivity contribution in [2.24, 2.45) is 0 Å². The zero-order valence-electron chi connectivity index (χ0n) is 8.23. The van der Waals surface area contributed by atoms with Gasteiger partial charge in [-0.25, -0.2) is 4.79 Å². The SMILES string of the molecule is COC(=O)C=Cc1cccc2[nH]ncc12. The Labute approximate surface area is 86.6 Å². The van der Waals surface area contributed by atoms with E-state index in [1.54, 1.807) is 12.3 Å². The van der Waals surface area contributed by atoms with Crippen LogP contribution in [0.25, 0.3) is 17.0 Å². The summed E-state index contributed by atoms with van der Waals surface area (Å²) >= 11 is 0. The number of aromatic nitrogens is 2. The molecule has 2 rings (SSSR count). The molecule has 0 amide bonds. The summed E-state index contributed by atoms with van der Waals surface area (Å²) in [5.74, 6) is -0.365. The maximum absolute atomic E-state index is 10.9. The molecule has 0 aliphatic carbocycles. The van der Waals surface area contributed by atoms with Crippen molar-refractivity contribution in [3.05, 3.63) is 36.0 Å². The molecule has 4 heteroatoms. The maximum Gasteiger partial charge on any atom is 0.330 e. The smallest absolute Gasteiger partial charge is 0.330 e. The molecule has 4 nitrogen and oxygen atoms in total. The fourth-order valence-electron chi connectivity index (χ4n) is 1.36. The zero-order chi connectivity index (χ0) is 10.7. The highest BCUT2D eigenvalue weighted by molar-refractivity contribution is 5.93. The predicted octanol–water partition coefficient (Wildman–Crippen LogP) is 1.75. The van der Waals surface area contributed by atoms with E-state index in [1.165, 1.54) is 13.2 Å². The number of carbonyl (C=O) groups excluding carboxylic acids is 1. The summed E-state index contributed by atoms with van der Waals surface area (Å²) in [6.07, 6.45) is 4.83. The van der Waals surface area contributed by atoms with Crippen LogP contribution in [-0.4, -0.2) is 23.3 Å². The number of hydrogen-bond acceptors (Lipinski definition) is 3. The van der Waals surface area contributed by atoms with Crippen LogP contribution in [0, 0.1) is 0 Å². The van der Waals surface area contributed by atoms with Crippen molar-refractivity contribution in [1.82, 2.24) is 10.2 Å². The van der Waals surface area contributed by atoms with Gasteiger partial charge in [-0.15, -0.1) is 0 Å². The van der Waals surface area contributed by atoms with E-state index in [0.717, 1.165) is 16.5 Å². The molecule has 0 aliphatic heterocycles. The van der Waals surface area contributed by atoms with Crippen LogP contribution in [0.4, 0.5) is 0 Å². The van der Waals surface area contributed by atoms with Crippen molar-refractivity contribution in [2.45, 2.75) is 0 Å². The van der Waals surface area contributed by atoms with Gasteiger partial charge in [0.05, 0.1) is 18.8 Å². The van der Waals surface area contributed by atoms with Crippen molar-refractivity contribution in [3.63, 3.8) is 0 Å². The van der Waals surface area contributed by atoms with E-state index in [4.69, 9.17) is 0 Å². The summed E-state index contributed by atoms with van der Waals surface area (Å²) in [4.78, 5) is 10.9. The molecule has 0 bridgehead atoms. The Morgan fingerprint density at radius 3 is 3.20 bits per heavy atom. The van der Waals surface area contributed by atoms with Crippen molar-refractivity contribution < 1.29 is 9.53 Å². The quantitative estimate of drug-likeness (QED) is 0.596. The minimum atomic E-state index is -0.365. The molecule has 0 fully saturated rings. The predicted molar refractivity (Wildman–Crippen MR) is 57.1 cm³/mol. The molecule has 0 saturated heterocycles.